The molecule has 42 heavy (non-hydrogen) atoms. The summed E-state index contributed by atoms with van der Waals surface area (Å²) in [4.78, 5) is 14.8. The van der Waals surface area contributed by atoms with Crippen LogP contribution in [0.1, 0.15) is 17.2 Å². The maximum atomic E-state index is 14.1. The van der Waals surface area contributed by atoms with E-state index < -0.39 is 53.6 Å². The maximum absolute atomic E-state index is 14.1. The molecule has 2 N–H and O–H groups in total. The highest BCUT2D eigenvalue weighted by Crippen LogP contribution is 2.50. The number of halogens is 8. The Morgan fingerprint density at radius 2 is 1.57 bits per heavy atom. The SMILES string of the molecule is O=[N+]([O-])c1ccc(C(OP(=O)(NCCBr)NCCBr)C(F)(F)F)cc1Oc1ccc(-c2ccc(C(F)(F)F)cc2)nc1. The minimum absolute atomic E-state index is 0.00122. The van der Waals surface area contributed by atoms with Gasteiger partial charge in [0.1, 0.15) is 5.75 Å². The summed E-state index contributed by atoms with van der Waals surface area (Å²) in [6, 6.07) is 9.16. The fraction of sp³-hybridized carbons (Fsp3) is 0.292. The lowest BCUT2D eigenvalue weighted by Crippen LogP contribution is -2.32. The van der Waals surface area contributed by atoms with E-state index in [1.54, 1.807) is 0 Å². The Kier molecular flexibility index (Phi) is 11.5. The van der Waals surface area contributed by atoms with Gasteiger partial charge in [-0.2, -0.15) is 26.3 Å². The summed E-state index contributed by atoms with van der Waals surface area (Å²) >= 11 is 6.17. The highest BCUT2D eigenvalue weighted by Gasteiger charge is 2.46. The molecule has 228 valence electrons. The number of nitro benzene ring substituents is 1. The van der Waals surface area contributed by atoms with Crippen molar-refractivity contribution in [3.8, 4) is 22.8 Å². The molecule has 1 heterocycles. The molecule has 0 aliphatic carbocycles. The number of nitrogens with one attached hydrogen (secondary N) is 2. The number of aromatic nitrogens is 1. The zero-order valence-corrected chi connectivity index (χ0v) is 25.2. The maximum Gasteiger partial charge on any atom is 0.419 e. The predicted octanol–water partition coefficient (Wildman–Crippen LogP) is 8.17. The molecule has 2 aromatic carbocycles. The first-order valence-electron chi connectivity index (χ1n) is 11.7. The summed E-state index contributed by atoms with van der Waals surface area (Å²) in [5.41, 5.74) is -1.58. The molecule has 0 aliphatic heterocycles. The smallest absolute Gasteiger partial charge is 0.419 e. The summed E-state index contributed by atoms with van der Waals surface area (Å²) < 4.78 is 105. The summed E-state index contributed by atoms with van der Waals surface area (Å²) in [6.07, 6.45) is -11.3. The highest BCUT2D eigenvalue weighted by molar-refractivity contribution is 9.09. The number of rotatable bonds is 13. The van der Waals surface area contributed by atoms with E-state index in [1.807, 2.05) is 0 Å². The van der Waals surface area contributed by atoms with Crippen LogP contribution in [-0.2, 0) is 15.3 Å². The van der Waals surface area contributed by atoms with Crippen LogP contribution in [0.3, 0.4) is 0 Å². The Morgan fingerprint density at radius 1 is 0.952 bits per heavy atom. The predicted molar refractivity (Wildman–Crippen MR) is 149 cm³/mol. The first kappa shape index (κ1) is 33.9. The standard InChI is InChI=1S/C24H21Br2F6N4O5P/c25-9-11-34-42(39,35-12-10-26)41-22(24(30,31)32)16-3-8-20(36(37)38)21(13-16)40-18-6-7-19(33-14-18)15-1-4-17(5-2-15)23(27,28)29/h1-8,13-14,22H,9-12H2,(H2,34,35,39). The lowest BCUT2D eigenvalue weighted by Gasteiger charge is -2.27. The van der Waals surface area contributed by atoms with Gasteiger partial charge in [0, 0.05) is 35.4 Å². The number of ether oxygens (including phenoxy) is 1. The van der Waals surface area contributed by atoms with Gasteiger partial charge in [0.2, 0.25) is 5.75 Å². The molecule has 0 bridgehead atoms. The van der Waals surface area contributed by atoms with Crippen molar-refractivity contribution < 1.29 is 45.1 Å². The molecule has 1 atom stereocenters. The Balaban J connectivity index is 1.93. The third-order valence-electron chi connectivity index (χ3n) is 5.34. The van der Waals surface area contributed by atoms with Crippen molar-refractivity contribution in [2.75, 3.05) is 23.7 Å². The lowest BCUT2D eigenvalue weighted by molar-refractivity contribution is -0.385. The molecule has 3 rings (SSSR count). The normalized spacial score (nSPS) is 13.1. The molecule has 1 unspecified atom stereocenters. The van der Waals surface area contributed by atoms with Crippen LogP contribution in [0.15, 0.2) is 60.8 Å². The van der Waals surface area contributed by atoms with Gasteiger partial charge < -0.3 is 4.74 Å². The van der Waals surface area contributed by atoms with E-state index in [4.69, 9.17) is 9.26 Å². The average Bonchev–Trinajstić information content (AvgIpc) is 2.93. The second-order valence-electron chi connectivity index (χ2n) is 8.31. The van der Waals surface area contributed by atoms with Crippen LogP contribution >= 0.6 is 39.5 Å². The summed E-state index contributed by atoms with van der Waals surface area (Å²) in [5, 5.41) is 16.9. The Hall–Kier alpha value is -2.56. The number of hydrogen-bond acceptors (Lipinski definition) is 6. The van der Waals surface area contributed by atoms with E-state index in [0.717, 1.165) is 36.5 Å². The van der Waals surface area contributed by atoms with Crippen LogP contribution in [0.4, 0.5) is 32.0 Å². The molecule has 0 saturated carbocycles. The molecule has 9 nitrogen and oxygen atoms in total. The zero-order chi connectivity index (χ0) is 31.1. The van der Waals surface area contributed by atoms with Crippen LogP contribution in [0, 0.1) is 10.1 Å². The van der Waals surface area contributed by atoms with Crippen molar-refractivity contribution in [3.05, 3.63) is 82.0 Å². The molecule has 18 heteroatoms. The van der Waals surface area contributed by atoms with Crippen LogP contribution in [-0.4, -0.2) is 39.8 Å². The zero-order valence-electron chi connectivity index (χ0n) is 21.1. The Bertz CT molecular complexity index is 1400. The van der Waals surface area contributed by atoms with Gasteiger partial charge in [-0.25, -0.2) is 10.2 Å². The van der Waals surface area contributed by atoms with Crippen LogP contribution in [0.2, 0.25) is 0 Å². The largest absolute Gasteiger partial charge is 0.448 e. The van der Waals surface area contributed by atoms with Gasteiger partial charge in [0.05, 0.1) is 22.4 Å². The fourth-order valence-corrected chi connectivity index (χ4v) is 6.08. The minimum Gasteiger partial charge on any atom is -0.448 e. The van der Waals surface area contributed by atoms with Crippen molar-refractivity contribution in [1.29, 1.82) is 0 Å². The quantitative estimate of drug-likeness (QED) is 0.0592. The summed E-state index contributed by atoms with van der Waals surface area (Å²) in [5.74, 6) is -0.699. The van der Waals surface area contributed by atoms with Crippen LogP contribution in [0.25, 0.3) is 11.3 Å². The van der Waals surface area contributed by atoms with Crippen molar-refractivity contribution in [2.24, 2.45) is 0 Å². The molecule has 0 saturated heterocycles. The molecule has 0 radical (unpaired) electrons. The van der Waals surface area contributed by atoms with Gasteiger partial charge in [-0.05, 0) is 42.0 Å². The Labute approximate surface area is 252 Å². The van der Waals surface area contributed by atoms with E-state index >= 15 is 0 Å². The first-order valence-corrected chi connectivity index (χ1v) is 15.6. The number of nitrogens with zero attached hydrogens (tertiary/aromatic N) is 2. The van der Waals surface area contributed by atoms with Gasteiger partial charge >= 0.3 is 25.7 Å². The highest BCUT2D eigenvalue weighted by atomic mass is 79.9. The second-order valence-corrected chi connectivity index (χ2v) is 11.8. The molecule has 3 aromatic rings. The third-order valence-corrected chi connectivity index (χ3v) is 7.92. The summed E-state index contributed by atoms with van der Waals surface area (Å²) in [7, 11) is -4.26. The number of nitro groups is 1. The van der Waals surface area contributed by atoms with Gasteiger partial charge in [0.15, 0.2) is 6.10 Å². The van der Waals surface area contributed by atoms with E-state index in [-0.39, 0.29) is 35.2 Å². The third kappa shape index (κ3) is 9.22. The average molecular weight is 750 g/mol. The first-order chi connectivity index (χ1) is 19.7. The van der Waals surface area contributed by atoms with E-state index in [1.165, 1.54) is 24.3 Å². The minimum atomic E-state index is -5.08. The molecule has 0 amide bonds. The molecule has 0 spiro atoms. The van der Waals surface area contributed by atoms with Crippen LogP contribution < -0.4 is 14.9 Å². The summed E-state index contributed by atoms with van der Waals surface area (Å²) in [6.45, 7) is 0.00244. The number of hydrogen-bond donors (Lipinski definition) is 2. The van der Waals surface area contributed by atoms with E-state index in [9.17, 15) is 41.0 Å². The molecule has 0 aliphatic rings. The lowest BCUT2D eigenvalue weighted by atomic mass is 10.1. The van der Waals surface area contributed by atoms with Crippen molar-refractivity contribution in [1.82, 2.24) is 15.2 Å². The topological polar surface area (TPSA) is 116 Å². The Morgan fingerprint density at radius 3 is 2.05 bits per heavy atom. The molecular formula is C24H21Br2F6N4O5P. The number of alkyl halides is 8. The van der Waals surface area contributed by atoms with Crippen LogP contribution in [0.5, 0.6) is 11.5 Å². The van der Waals surface area contributed by atoms with Gasteiger partial charge in [-0.15, -0.1) is 0 Å². The van der Waals surface area contributed by atoms with E-state index in [0.29, 0.717) is 5.56 Å². The second kappa shape index (κ2) is 14.3. The fourth-order valence-electron chi connectivity index (χ4n) is 3.46. The van der Waals surface area contributed by atoms with Gasteiger partial charge in [0.25, 0.3) is 0 Å². The van der Waals surface area contributed by atoms with E-state index in [2.05, 4.69) is 47.0 Å². The monoisotopic (exact) mass is 748 g/mol. The number of benzene rings is 2. The molecule has 1 aromatic heterocycles. The molecule has 0 fully saturated rings. The molecular weight excluding hydrogens is 729 g/mol. The van der Waals surface area contributed by atoms with Crippen molar-refractivity contribution >= 4 is 45.2 Å². The van der Waals surface area contributed by atoms with Crippen molar-refractivity contribution in [3.63, 3.8) is 0 Å². The van der Waals surface area contributed by atoms with Crippen molar-refractivity contribution in [2.45, 2.75) is 18.5 Å². The van der Waals surface area contributed by atoms with Gasteiger partial charge in [-0.3, -0.25) is 24.2 Å². The van der Waals surface area contributed by atoms with Gasteiger partial charge in [-0.1, -0.05) is 44.0 Å². The number of pyridine rings is 1.